The summed E-state index contributed by atoms with van der Waals surface area (Å²) in [7, 11) is 0. The van der Waals surface area contributed by atoms with Gasteiger partial charge in [-0.1, -0.05) is 11.6 Å². The molecule has 0 spiro atoms. The zero-order chi connectivity index (χ0) is 13.9. The fraction of sp³-hybridized carbons (Fsp3) is 0.0625. The maximum Gasteiger partial charge on any atom is 0.137 e. The fourth-order valence-electron chi connectivity index (χ4n) is 2.13. The van der Waals surface area contributed by atoms with Gasteiger partial charge in [-0.05, 0) is 48.4 Å². The van der Waals surface area contributed by atoms with E-state index in [1.54, 1.807) is 24.8 Å². The molecule has 0 bridgehead atoms. The van der Waals surface area contributed by atoms with Gasteiger partial charge in [0.15, 0.2) is 0 Å². The number of nitrogens with zero attached hydrogens (tertiary/aromatic N) is 3. The van der Waals surface area contributed by atoms with Crippen LogP contribution in [0.1, 0.15) is 5.69 Å². The van der Waals surface area contributed by atoms with Gasteiger partial charge in [0, 0.05) is 41.6 Å². The predicted molar refractivity (Wildman–Crippen MR) is 80.4 cm³/mol. The van der Waals surface area contributed by atoms with Crippen LogP contribution in [0, 0.1) is 6.92 Å². The summed E-state index contributed by atoms with van der Waals surface area (Å²) in [6.07, 6.45) is 7.04. The number of halogens is 1. The van der Waals surface area contributed by atoms with Gasteiger partial charge in [-0.2, -0.15) is 0 Å². The van der Waals surface area contributed by atoms with Crippen molar-refractivity contribution in [1.82, 2.24) is 15.0 Å². The molecular weight excluding hydrogens is 270 g/mol. The highest BCUT2D eigenvalue weighted by molar-refractivity contribution is 6.32. The van der Waals surface area contributed by atoms with Gasteiger partial charge in [0.25, 0.3) is 0 Å². The smallest absolute Gasteiger partial charge is 0.137 e. The SMILES string of the molecule is Cc1nc(Cl)c(-c2ccncc2)cc1-c1ccncc1. The third kappa shape index (κ3) is 2.40. The van der Waals surface area contributed by atoms with E-state index in [1.165, 1.54) is 0 Å². The molecule has 0 amide bonds. The predicted octanol–water partition coefficient (Wildman–Crippen LogP) is 4.17. The first-order chi connectivity index (χ1) is 9.75. The normalized spacial score (nSPS) is 10.5. The molecule has 98 valence electrons. The third-order valence-corrected chi connectivity index (χ3v) is 3.44. The van der Waals surface area contributed by atoms with Crippen molar-refractivity contribution in [2.24, 2.45) is 0 Å². The van der Waals surface area contributed by atoms with E-state index in [9.17, 15) is 0 Å². The second-order valence-corrected chi connectivity index (χ2v) is 4.79. The maximum absolute atomic E-state index is 6.28. The Morgan fingerprint density at radius 2 is 1.30 bits per heavy atom. The van der Waals surface area contributed by atoms with E-state index >= 15 is 0 Å². The number of hydrogen-bond donors (Lipinski definition) is 0. The first-order valence-electron chi connectivity index (χ1n) is 6.23. The van der Waals surface area contributed by atoms with Crippen molar-refractivity contribution in [3.8, 4) is 22.3 Å². The lowest BCUT2D eigenvalue weighted by atomic mass is 10.0. The number of pyridine rings is 3. The van der Waals surface area contributed by atoms with Crippen molar-refractivity contribution in [2.75, 3.05) is 0 Å². The Bertz CT molecular complexity index is 667. The van der Waals surface area contributed by atoms with Crippen LogP contribution in [0.3, 0.4) is 0 Å². The molecule has 3 rings (SSSR count). The van der Waals surface area contributed by atoms with Crippen LogP contribution in [-0.2, 0) is 0 Å². The molecule has 0 atom stereocenters. The highest BCUT2D eigenvalue weighted by atomic mass is 35.5. The summed E-state index contributed by atoms with van der Waals surface area (Å²) >= 11 is 6.28. The Balaban J connectivity index is 2.19. The minimum absolute atomic E-state index is 0.506. The number of aryl methyl sites for hydroxylation is 1. The zero-order valence-corrected chi connectivity index (χ0v) is 11.7. The molecule has 0 aliphatic carbocycles. The van der Waals surface area contributed by atoms with Gasteiger partial charge in [-0.15, -0.1) is 0 Å². The molecule has 0 saturated heterocycles. The molecule has 0 N–H and O–H groups in total. The summed E-state index contributed by atoms with van der Waals surface area (Å²) in [6, 6.07) is 9.85. The second kappa shape index (κ2) is 5.39. The highest BCUT2D eigenvalue weighted by Gasteiger charge is 2.10. The summed E-state index contributed by atoms with van der Waals surface area (Å²) in [5, 5.41) is 0.506. The Labute approximate surface area is 122 Å². The molecule has 0 aliphatic heterocycles. The molecular formula is C16H12ClN3. The minimum atomic E-state index is 0.506. The average molecular weight is 282 g/mol. The van der Waals surface area contributed by atoms with Crippen molar-refractivity contribution in [3.63, 3.8) is 0 Å². The molecule has 20 heavy (non-hydrogen) atoms. The Kier molecular flexibility index (Phi) is 3.44. The first-order valence-corrected chi connectivity index (χ1v) is 6.61. The Hall–Kier alpha value is -2.26. The zero-order valence-electron chi connectivity index (χ0n) is 10.9. The molecule has 0 fully saturated rings. The largest absolute Gasteiger partial charge is 0.265 e. The van der Waals surface area contributed by atoms with Crippen LogP contribution in [0.4, 0.5) is 0 Å². The Morgan fingerprint density at radius 3 is 1.85 bits per heavy atom. The van der Waals surface area contributed by atoms with Crippen LogP contribution in [0.5, 0.6) is 0 Å². The van der Waals surface area contributed by atoms with E-state index < -0.39 is 0 Å². The molecule has 4 heteroatoms. The van der Waals surface area contributed by atoms with Gasteiger partial charge in [-0.25, -0.2) is 4.98 Å². The molecule has 0 aliphatic rings. The maximum atomic E-state index is 6.28. The van der Waals surface area contributed by atoms with E-state index in [-0.39, 0.29) is 0 Å². The van der Waals surface area contributed by atoms with Gasteiger partial charge in [0.2, 0.25) is 0 Å². The van der Waals surface area contributed by atoms with Gasteiger partial charge in [0.1, 0.15) is 5.15 Å². The van der Waals surface area contributed by atoms with Crippen LogP contribution >= 0.6 is 11.6 Å². The van der Waals surface area contributed by atoms with E-state index in [4.69, 9.17) is 11.6 Å². The number of aromatic nitrogens is 3. The van der Waals surface area contributed by atoms with Crippen LogP contribution < -0.4 is 0 Å². The summed E-state index contributed by atoms with van der Waals surface area (Å²) in [5.41, 5.74) is 4.96. The minimum Gasteiger partial charge on any atom is -0.265 e. The Morgan fingerprint density at radius 1 is 0.800 bits per heavy atom. The third-order valence-electron chi connectivity index (χ3n) is 3.15. The summed E-state index contributed by atoms with van der Waals surface area (Å²) in [5.74, 6) is 0. The monoisotopic (exact) mass is 281 g/mol. The van der Waals surface area contributed by atoms with Crippen LogP contribution in [0.25, 0.3) is 22.3 Å². The summed E-state index contributed by atoms with van der Waals surface area (Å²) < 4.78 is 0. The van der Waals surface area contributed by atoms with Crippen molar-refractivity contribution in [2.45, 2.75) is 6.92 Å². The van der Waals surface area contributed by atoms with Crippen LogP contribution in [0.15, 0.2) is 55.1 Å². The molecule has 3 nitrogen and oxygen atoms in total. The molecule has 0 radical (unpaired) electrons. The lowest BCUT2D eigenvalue weighted by Crippen LogP contribution is -1.92. The van der Waals surface area contributed by atoms with Crippen molar-refractivity contribution >= 4 is 11.6 Å². The average Bonchev–Trinajstić information content (AvgIpc) is 2.49. The molecule has 3 heterocycles. The van der Waals surface area contributed by atoms with Gasteiger partial charge < -0.3 is 0 Å². The van der Waals surface area contributed by atoms with E-state index in [0.717, 1.165) is 27.9 Å². The van der Waals surface area contributed by atoms with Crippen LogP contribution in [-0.4, -0.2) is 15.0 Å². The van der Waals surface area contributed by atoms with E-state index in [2.05, 4.69) is 21.0 Å². The van der Waals surface area contributed by atoms with Gasteiger partial charge in [-0.3, -0.25) is 9.97 Å². The first kappa shape index (κ1) is 12.8. The molecule has 0 saturated carbocycles. The number of rotatable bonds is 2. The number of hydrogen-bond acceptors (Lipinski definition) is 3. The van der Waals surface area contributed by atoms with Crippen molar-refractivity contribution < 1.29 is 0 Å². The van der Waals surface area contributed by atoms with Crippen LogP contribution in [0.2, 0.25) is 5.15 Å². The topological polar surface area (TPSA) is 38.7 Å². The van der Waals surface area contributed by atoms with Gasteiger partial charge >= 0.3 is 0 Å². The molecule has 3 aromatic heterocycles. The lowest BCUT2D eigenvalue weighted by Gasteiger charge is -2.10. The van der Waals surface area contributed by atoms with E-state index in [0.29, 0.717) is 5.15 Å². The summed E-state index contributed by atoms with van der Waals surface area (Å²) in [6.45, 7) is 1.96. The molecule has 0 unspecified atom stereocenters. The standard InChI is InChI=1S/C16H12ClN3/c1-11-14(12-2-6-18-7-3-12)10-15(16(17)20-11)13-4-8-19-9-5-13/h2-10H,1H3. The lowest BCUT2D eigenvalue weighted by molar-refractivity contribution is 1.20. The highest BCUT2D eigenvalue weighted by Crippen LogP contribution is 2.32. The van der Waals surface area contributed by atoms with E-state index in [1.807, 2.05) is 31.2 Å². The molecule has 3 aromatic rings. The van der Waals surface area contributed by atoms with Gasteiger partial charge in [0.05, 0.1) is 0 Å². The summed E-state index contributed by atoms with van der Waals surface area (Å²) in [4.78, 5) is 12.5. The second-order valence-electron chi connectivity index (χ2n) is 4.43. The molecule has 0 aromatic carbocycles. The van der Waals surface area contributed by atoms with Crippen molar-refractivity contribution in [3.05, 3.63) is 66.0 Å². The fourth-order valence-corrected chi connectivity index (χ4v) is 2.42. The van der Waals surface area contributed by atoms with Crippen molar-refractivity contribution in [1.29, 1.82) is 0 Å². The quantitative estimate of drug-likeness (QED) is 0.662.